The van der Waals surface area contributed by atoms with Gasteiger partial charge in [0, 0.05) is 0 Å². The largest absolute Gasteiger partial charge is 0.0990 e. The molecule has 0 nitrogen and oxygen atoms in total. The van der Waals surface area contributed by atoms with Gasteiger partial charge in [0.2, 0.25) is 0 Å². The molecule has 0 bridgehead atoms. The van der Waals surface area contributed by atoms with Crippen LogP contribution in [-0.2, 0) is 0 Å². The van der Waals surface area contributed by atoms with E-state index in [0.29, 0.717) is 0 Å². The van der Waals surface area contributed by atoms with Gasteiger partial charge in [0.05, 0.1) is 0 Å². The van der Waals surface area contributed by atoms with E-state index in [-0.39, 0.29) is 0 Å². The molecule has 0 fully saturated rings. The Morgan fingerprint density at radius 3 is 2.08 bits per heavy atom. The molecule has 0 amide bonds. The molecule has 0 spiro atoms. The summed E-state index contributed by atoms with van der Waals surface area (Å²) in [6.07, 6.45) is 5.66. The Hall–Kier alpha value is -3.12. The van der Waals surface area contributed by atoms with Crippen LogP contribution in [0.4, 0.5) is 0 Å². The van der Waals surface area contributed by atoms with E-state index in [1.54, 1.807) is 6.08 Å². The Morgan fingerprint density at radius 1 is 0.760 bits per heavy atom. The second-order valence-corrected chi connectivity index (χ2v) is 6.05. The Morgan fingerprint density at radius 2 is 1.44 bits per heavy atom. The van der Waals surface area contributed by atoms with Crippen LogP contribution in [0.1, 0.15) is 11.1 Å². The molecule has 0 N–H and O–H groups in total. The Labute approximate surface area is 150 Å². The minimum Gasteiger partial charge on any atom is -0.0990 e. The van der Waals surface area contributed by atoms with Crippen molar-refractivity contribution in [2.45, 2.75) is 6.92 Å². The first-order chi connectivity index (χ1) is 12.2. The maximum absolute atomic E-state index is 3.93. The zero-order valence-corrected chi connectivity index (χ0v) is 14.6. The summed E-state index contributed by atoms with van der Waals surface area (Å²) < 4.78 is 0. The van der Waals surface area contributed by atoms with E-state index in [9.17, 15) is 0 Å². The zero-order valence-electron chi connectivity index (χ0n) is 14.6. The van der Waals surface area contributed by atoms with Gasteiger partial charge in [0.25, 0.3) is 0 Å². The standard InChI is InChI=1S/C25H22/c1-4-9-20(5-2)23-16-17-24(22-14-12-19(3)13-15-22)25(18-23)21-10-7-6-8-11-21/h4-18H,1-2H2,3H3/b20-9+. The van der Waals surface area contributed by atoms with Gasteiger partial charge in [-0.15, -0.1) is 0 Å². The third kappa shape index (κ3) is 3.70. The highest BCUT2D eigenvalue weighted by Crippen LogP contribution is 2.34. The van der Waals surface area contributed by atoms with Crippen LogP contribution in [-0.4, -0.2) is 0 Å². The van der Waals surface area contributed by atoms with E-state index < -0.39 is 0 Å². The van der Waals surface area contributed by atoms with Crippen LogP contribution < -0.4 is 0 Å². The van der Waals surface area contributed by atoms with Crippen LogP contribution in [0.2, 0.25) is 0 Å². The summed E-state index contributed by atoms with van der Waals surface area (Å²) in [7, 11) is 0. The lowest BCUT2D eigenvalue weighted by Gasteiger charge is -2.13. The Balaban J connectivity index is 2.21. The Kier molecular flexibility index (Phi) is 5.11. The van der Waals surface area contributed by atoms with Crippen LogP contribution in [0.3, 0.4) is 0 Å². The van der Waals surface area contributed by atoms with Crippen molar-refractivity contribution < 1.29 is 0 Å². The summed E-state index contributed by atoms with van der Waals surface area (Å²) in [4.78, 5) is 0. The molecule has 0 radical (unpaired) electrons. The highest BCUT2D eigenvalue weighted by Gasteiger charge is 2.09. The topological polar surface area (TPSA) is 0 Å². The minimum atomic E-state index is 1.07. The molecule has 122 valence electrons. The fourth-order valence-corrected chi connectivity index (χ4v) is 2.97. The molecule has 3 rings (SSSR count). The van der Waals surface area contributed by atoms with Crippen molar-refractivity contribution in [3.8, 4) is 22.3 Å². The molecule has 3 aromatic carbocycles. The molecule has 0 saturated carbocycles. The number of benzene rings is 3. The molecule has 0 unspecified atom stereocenters. The summed E-state index contributed by atoms with van der Waals surface area (Å²) >= 11 is 0. The number of aryl methyl sites for hydroxylation is 1. The smallest absolute Gasteiger partial charge is 0.00992 e. The van der Waals surface area contributed by atoms with Gasteiger partial charge in [-0.1, -0.05) is 104 Å². The van der Waals surface area contributed by atoms with Crippen LogP contribution in [0.25, 0.3) is 27.8 Å². The summed E-state index contributed by atoms with van der Waals surface area (Å²) in [6, 6.07) is 25.8. The van der Waals surface area contributed by atoms with Crippen LogP contribution in [0, 0.1) is 6.92 Å². The number of hydrogen-bond acceptors (Lipinski definition) is 0. The van der Waals surface area contributed by atoms with Crippen LogP contribution >= 0.6 is 0 Å². The molecule has 0 saturated heterocycles. The van der Waals surface area contributed by atoms with Gasteiger partial charge < -0.3 is 0 Å². The molecule has 0 heteroatoms. The van der Waals surface area contributed by atoms with Gasteiger partial charge in [-0.3, -0.25) is 0 Å². The molecular formula is C25H22. The van der Waals surface area contributed by atoms with E-state index in [1.165, 1.54) is 27.8 Å². The number of allylic oxidation sites excluding steroid dienone is 4. The molecule has 0 heterocycles. The first-order valence-corrected chi connectivity index (χ1v) is 8.45. The van der Waals surface area contributed by atoms with Crippen LogP contribution in [0.5, 0.6) is 0 Å². The van der Waals surface area contributed by atoms with Crippen molar-refractivity contribution in [3.05, 3.63) is 115 Å². The molecule has 25 heavy (non-hydrogen) atoms. The lowest BCUT2D eigenvalue weighted by atomic mass is 9.90. The second-order valence-electron chi connectivity index (χ2n) is 6.05. The van der Waals surface area contributed by atoms with E-state index in [1.807, 2.05) is 18.2 Å². The highest BCUT2D eigenvalue weighted by atomic mass is 14.1. The molecule has 0 aliphatic rings. The predicted molar refractivity (Wildman–Crippen MR) is 110 cm³/mol. The zero-order chi connectivity index (χ0) is 17.6. The van der Waals surface area contributed by atoms with Gasteiger partial charge in [-0.25, -0.2) is 0 Å². The third-order valence-corrected chi connectivity index (χ3v) is 4.32. The summed E-state index contributed by atoms with van der Waals surface area (Å²) in [6.45, 7) is 9.85. The average Bonchev–Trinajstić information content (AvgIpc) is 2.67. The molecule has 0 aromatic heterocycles. The number of hydrogen-bond donors (Lipinski definition) is 0. The van der Waals surface area contributed by atoms with Crippen molar-refractivity contribution in [2.75, 3.05) is 0 Å². The first-order valence-electron chi connectivity index (χ1n) is 8.45. The van der Waals surface area contributed by atoms with Gasteiger partial charge in [0.1, 0.15) is 0 Å². The molecule has 0 aliphatic heterocycles. The third-order valence-electron chi connectivity index (χ3n) is 4.32. The fourth-order valence-electron chi connectivity index (χ4n) is 2.97. The van der Waals surface area contributed by atoms with Gasteiger partial charge >= 0.3 is 0 Å². The molecular weight excluding hydrogens is 300 g/mol. The van der Waals surface area contributed by atoms with E-state index in [0.717, 1.165) is 11.1 Å². The summed E-state index contributed by atoms with van der Waals surface area (Å²) in [5, 5.41) is 0. The normalized spacial score (nSPS) is 11.2. The maximum Gasteiger partial charge on any atom is -0.00992 e. The fraction of sp³-hybridized carbons (Fsp3) is 0.0400. The summed E-state index contributed by atoms with van der Waals surface area (Å²) in [5.41, 5.74) is 8.37. The lowest BCUT2D eigenvalue weighted by Crippen LogP contribution is -1.89. The molecule has 3 aromatic rings. The Bertz CT molecular complexity index is 910. The number of rotatable bonds is 5. The highest BCUT2D eigenvalue weighted by molar-refractivity contribution is 5.87. The first kappa shape index (κ1) is 16.7. The van der Waals surface area contributed by atoms with E-state index >= 15 is 0 Å². The van der Waals surface area contributed by atoms with Crippen molar-refractivity contribution in [3.63, 3.8) is 0 Å². The lowest BCUT2D eigenvalue weighted by molar-refractivity contribution is 1.46. The van der Waals surface area contributed by atoms with Gasteiger partial charge in [-0.05, 0) is 46.4 Å². The maximum atomic E-state index is 3.93. The van der Waals surface area contributed by atoms with Crippen LogP contribution in [0.15, 0.2) is 104 Å². The quantitative estimate of drug-likeness (QED) is 0.440. The summed E-state index contributed by atoms with van der Waals surface area (Å²) in [5.74, 6) is 0. The second kappa shape index (κ2) is 7.63. The average molecular weight is 322 g/mol. The van der Waals surface area contributed by atoms with Gasteiger partial charge in [-0.2, -0.15) is 0 Å². The monoisotopic (exact) mass is 322 g/mol. The molecule has 0 atom stereocenters. The van der Waals surface area contributed by atoms with Crippen molar-refractivity contribution >= 4 is 5.57 Å². The van der Waals surface area contributed by atoms with Crippen molar-refractivity contribution in [1.82, 2.24) is 0 Å². The van der Waals surface area contributed by atoms with Crippen molar-refractivity contribution in [1.29, 1.82) is 0 Å². The minimum absolute atomic E-state index is 1.07. The van der Waals surface area contributed by atoms with E-state index in [2.05, 4.69) is 86.8 Å². The van der Waals surface area contributed by atoms with E-state index in [4.69, 9.17) is 0 Å². The SMILES string of the molecule is C=C/C=C(\C=C)c1ccc(-c2ccc(C)cc2)c(-c2ccccc2)c1. The van der Waals surface area contributed by atoms with Crippen molar-refractivity contribution in [2.24, 2.45) is 0 Å². The van der Waals surface area contributed by atoms with Gasteiger partial charge in [0.15, 0.2) is 0 Å². The molecule has 0 aliphatic carbocycles. The predicted octanol–water partition coefficient (Wildman–Crippen LogP) is 7.08.